The molecule has 1 aromatic heterocycles. The second kappa shape index (κ2) is 7.49. The number of nitrogens with zero attached hydrogens (tertiary/aromatic N) is 1. The van der Waals surface area contributed by atoms with Gasteiger partial charge in [0.1, 0.15) is 5.01 Å². The minimum absolute atomic E-state index is 0.266. The van der Waals surface area contributed by atoms with Crippen LogP contribution in [-0.2, 0) is 6.54 Å². The number of hydrogen-bond donors (Lipinski definition) is 2. The molecule has 0 bridgehead atoms. The van der Waals surface area contributed by atoms with Crippen molar-refractivity contribution in [2.45, 2.75) is 20.4 Å². The molecular formula is C20H19N3O2S. The van der Waals surface area contributed by atoms with Crippen LogP contribution in [0.2, 0.25) is 0 Å². The molecular weight excluding hydrogens is 346 g/mol. The molecule has 2 amide bonds. The van der Waals surface area contributed by atoms with Gasteiger partial charge >= 0.3 is 0 Å². The van der Waals surface area contributed by atoms with Crippen LogP contribution in [0.25, 0.3) is 11.1 Å². The topological polar surface area (TPSA) is 85.1 Å². The van der Waals surface area contributed by atoms with Crippen molar-refractivity contribution in [2.75, 3.05) is 0 Å². The highest BCUT2D eigenvalue weighted by atomic mass is 32.1. The molecule has 132 valence electrons. The first-order chi connectivity index (χ1) is 12.5. The van der Waals surface area contributed by atoms with E-state index in [1.165, 1.54) is 11.3 Å². The number of rotatable bonds is 5. The number of nitrogens with two attached hydrogens (primary N) is 1. The van der Waals surface area contributed by atoms with Crippen LogP contribution in [0.1, 0.15) is 37.0 Å². The quantitative estimate of drug-likeness (QED) is 0.726. The molecule has 0 saturated heterocycles. The van der Waals surface area contributed by atoms with Gasteiger partial charge in [0.25, 0.3) is 5.91 Å². The van der Waals surface area contributed by atoms with Crippen molar-refractivity contribution in [2.24, 2.45) is 5.73 Å². The van der Waals surface area contributed by atoms with E-state index >= 15 is 0 Å². The van der Waals surface area contributed by atoms with Crippen LogP contribution in [-0.4, -0.2) is 16.8 Å². The lowest BCUT2D eigenvalue weighted by molar-refractivity contribution is 0.0951. The SMILES string of the molecule is Cc1csc(CNC(=O)c2cc(C(N)=O)c(C)c(-c3ccccc3)c2)n1. The summed E-state index contributed by atoms with van der Waals surface area (Å²) in [7, 11) is 0. The van der Waals surface area contributed by atoms with Gasteiger partial charge in [-0.2, -0.15) is 0 Å². The van der Waals surface area contributed by atoms with Gasteiger partial charge in [-0.15, -0.1) is 11.3 Å². The molecule has 5 nitrogen and oxygen atoms in total. The monoisotopic (exact) mass is 365 g/mol. The molecule has 0 fully saturated rings. The van der Waals surface area contributed by atoms with Crippen molar-refractivity contribution >= 4 is 23.2 Å². The molecule has 0 unspecified atom stereocenters. The Morgan fingerprint density at radius 2 is 1.88 bits per heavy atom. The molecule has 0 aliphatic rings. The van der Waals surface area contributed by atoms with E-state index in [2.05, 4.69) is 10.3 Å². The maximum atomic E-state index is 12.6. The summed E-state index contributed by atoms with van der Waals surface area (Å²) in [6.07, 6.45) is 0. The van der Waals surface area contributed by atoms with Crippen LogP contribution in [0.15, 0.2) is 47.8 Å². The van der Waals surface area contributed by atoms with Gasteiger partial charge in [0.2, 0.25) is 5.91 Å². The Bertz CT molecular complexity index is 964. The van der Waals surface area contributed by atoms with Gasteiger partial charge in [0, 0.05) is 22.2 Å². The Labute approximate surface area is 155 Å². The summed E-state index contributed by atoms with van der Waals surface area (Å²) in [4.78, 5) is 28.8. The average Bonchev–Trinajstić information content (AvgIpc) is 3.05. The Morgan fingerprint density at radius 3 is 2.50 bits per heavy atom. The summed E-state index contributed by atoms with van der Waals surface area (Å²) >= 11 is 1.50. The van der Waals surface area contributed by atoms with Gasteiger partial charge in [-0.3, -0.25) is 9.59 Å². The van der Waals surface area contributed by atoms with Crippen molar-refractivity contribution in [1.29, 1.82) is 0 Å². The van der Waals surface area contributed by atoms with Crippen LogP contribution >= 0.6 is 11.3 Å². The summed E-state index contributed by atoms with van der Waals surface area (Å²) in [5.41, 5.74) is 9.70. The summed E-state index contributed by atoms with van der Waals surface area (Å²) in [5.74, 6) is -0.817. The van der Waals surface area contributed by atoms with E-state index in [1.54, 1.807) is 12.1 Å². The molecule has 2 aromatic carbocycles. The fourth-order valence-electron chi connectivity index (χ4n) is 2.76. The molecule has 0 saturated carbocycles. The Kier molecular flexibility index (Phi) is 5.14. The normalized spacial score (nSPS) is 10.5. The standard InChI is InChI=1S/C20H19N3O2S/c1-12-11-26-18(23-12)10-22-20(25)15-8-16(14-6-4-3-5-7-14)13(2)17(9-15)19(21)24/h3-9,11H,10H2,1-2H3,(H2,21,24)(H,22,25). The molecule has 1 heterocycles. The Morgan fingerprint density at radius 1 is 1.15 bits per heavy atom. The number of hydrogen-bond acceptors (Lipinski definition) is 4. The Balaban J connectivity index is 1.94. The van der Waals surface area contributed by atoms with Crippen LogP contribution in [0.3, 0.4) is 0 Å². The number of carbonyl (C=O) groups excluding carboxylic acids is 2. The number of thiazole rings is 1. The van der Waals surface area contributed by atoms with Crippen LogP contribution in [0.4, 0.5) is 0 Å². The van der Waals surface area contributed by atoms with E-state index in [4.69, 9.17) is 5.73 Å². The van der Waals surface area contributed by atoms with E-state index in [1.807, 2.05) is 49.6 Å². The molecule has 0 aliphatic carbocycles. The summed E-state index contributed by atoms with van der Waals surface area (Å²) in [5, 5.41) is 5.62. The smallest absolute Gasteiger partial charge is 0.251 e. The third-order valence-electron chi connectivity index (χ3n) is 4.09. The highest BCUT2D eigenvalue weighted by Crippen LogP contribution is 2.27. The maximum Gasteiger partial charge on any atom is 0.251 e. The second-order valence-corrected chi connectivity index (χ2v) is 6.93. The summed E-state index contributed by atoms with van der Waals surface area (Å²) < 4.78 is 0. The van der Waals surface area contributed by atoms with Gasteiger partial charge < -0.3 is 11.1 Å². The third-order valence-corrected chi connectivity index (χ3v) is 5.05. The zero-order chi connectivity index (χ0) is 18.7. The van der Waals surface area contributed by atoms with Crippen molar-refractivity contribution in [3.05, 3.63) is 75.2 Å². The Hall–Kier alpha value is -2.99. The number of nitrogens with one attached hydrogen (secondary N) is 1. The second-order valence-electron chi connectivity index (χ2n) is 5.99. The van der Waals surface area contributed by atoms with E-state index < -0.39 is 5.91 Å². The van der Waals surface area contributed by atoms with Gasteiger partial charge in [-0.05, 0) is 42.7 Å². The molecule has 6 heteroatoms. The number of benzene rings is 2. The van der Waals surface area contributed by atoms with Gasteiger partial charge in [0.15, 0.2) is 0 Å². The van der Waals surface area contributed by atoms with Crippen molar-refractivity contribution < 1.29 is 9.59 Å². The van der Waals surface area contributed by atoms with Gasteiger partial charge in [0.05, 0.1) is 6.54 Å². The number of carbonyl (C=O) groups is 2. The molecule has 0 radical (unpaired) electrons. The average molecular weight is 365 g/mol. The van der Waals surface area contributed by atoms with Gasteiger partial charge in [-0.25, -0.2) is 4.98 Å². The maximum absolute atomic E-state index is 12.6. The molecule has 0 atom stereocenters. The number of aromatic nitrogens is 1. The summed E-state index contributed by atoms with van der Waals surface area (Å²) in [6, 6.07) is 13.0. The van der Waals surface area contributed by atoms with Crippen molar-refractivity contribution in [3.8, 4) is 11.1 Å². The first-order valence-electron chi connectivity index (χ1n) is 8.15. The molecule has 3 aromatic rings. The van der Waals surface area contributed by atoms with E-state index in [9.17, 15) is 9.59 Å². The van der Waals surface area contributed by atoms with Crippen molar-refractivity contribution in [1.82, 2.24) is 10.3 Å². The molecule has 3 rings (SSSR count). The predicted octanol–water partition coefficient (Wildman–Crippen LogP) is 3.46. The fraction of sp³-hybridized carbons (Fsp3) is 0.150. The number of aryl methyl sites for hydroxylation is 1. The largest absolute Gasteiger partial charge is 0.366 e. The molecule has 0 aliphatic heterocycles. The first-order valence-corrected chi connectivity index (χ1v) is 9.02. The third kappa shape index (κ3) is 3.81. The number of amides is 2. The molecule has 3 N–H and O–H groups in total. The lowest BCUT2D eigenvalue weighted by Crippen LogP contribution is -2.24. The summed E-state index contributed by atoms with van der Waals surface area (Å²) in [6.45, 7) is 4.09. The van der Waals surface area contributed by atoms with Crippen LogP contribution in [0, 0.1) is 13.8 Å². The van der Waals surface area contributed by atoms with Crippen LogP contribution < -0.4 is 11.1 Å². The van der Waals surface area contributed by atoms with Crippen molar-refractivity contribution in [3.63, 3.8) is 0 Å². The lowest BCUT2D eigenvalue weighted by atomic mass is 9.93. The van der Waals surface area contributed by atoms with Gasteiger partial charge in [-0.1, -0.05) is 30.3 Å². The minimum Gasteiger partial charge on any atom is -0.366 e. The zero-order valence-electron chi connectivity index (χ0n) is 14.6. The van der Waals surface area contributed by atoms with E-state index in [-0.39, 0.29) is 5.91 Å². The zero-order valence-corrected chi connectivity index (χ0v) is 15.4. The fourth-order valence-corrected chi connectivity index (χ4v) is 3.47. The van der Waals surface area contributed by atoms with E-state index in [0.29, 0.717) is 17.7 Å². The van der Waals surface area contributed by atoms with E-state index in [0.717, 1.165) is 27.4 Å². The molecule has 26 heavy (non-hydrogen) atoms. The minimum atomic E-state index is -0.551. The predicted molar refractivity (Wildman–Crippen MR) is 103 cm³/mol. The van der Waals surface area contributed by atoms with Crippen LogP contribution in [0.5, 0.6) is 0 Å². The lowest BCUT2D eigenvalue weighted by Gasteiger charge is -2.13. The highest BCUT2D eigenvalue weighted by molar-refractivity contribution is 7.09. The molecule has 0 spiro atoms. The highest BCUT2D eigenvalue weighted by Gasteiger charge is 2.16. The number of primary amides is 1. The first kappa shape index (κ1) is 17.8.